The topological polar surface area (TPSA) is 89.9 Å². The number of benzene rings is 3. The lowest BCUT2D eigenvalue weighted by Gasteiger charge is -2.08. The molecule has 1 N–H and O–H groups in total. The molecule has 2 aromatic heterocycles. The standard InChI is InChI=1S/C24H15Cl2N3O4/c1-32-20-9-13(8-17(26)22(20)30)12-27-29-23(28-18-5-3-2-4-16(18)24(29)31)21-11-14-10-15(25)6-7-19(14)33-21/h2-12,30H,1H3. The number of nitrogens with zero attached hydrogens (tertiary/aromatic N) is 3. The highest BCUT2D eigenvalue weighted by atomic mass is 35.5. The smallest absolute Gasteiger partial charge is 0.282 e. The molecule has 0 atom stereocenters. The first-order valence-corrected chi connectivity index (χ1v) is 10.5. The largest absolute Gasteiger partial charge is 0.503 e. The molecule has 0 aliphatic heterocycles. The van der Waals surface area contributed by atoms with Gasteiger partial charge in [-0.05, 0) is 54.1 Å². The van der Waals surface area contributed by atoms with Crippen molar-refractivity contribution < 1.29 is 14.3 Å². The highest BCUT2D eigenvalue weighted by Crippen LogP contribution is 2.34. The monoisotopic (exact) mass is 479 g/mol. The van der Waals surface area contributed by atoms with Crippen LogP contribution in [0.2, 0.25) is 10.0 Å². The Hall–Kier alpha value is -3.81. The van der Waals surface area contributed by atoms with Gasteiger partial charge < -0.3 is 14.3 Å². The average molecular weight is 480 g/mol. The number of furan rings is 1. The van der Waals surface area contributed by atoms with Crippen LogP contribution in [0.1, 0.15) is 5.56 Å². The first kappa shape index (κ1) is 21.1. The van der Waals surface area contributed by atoms with Crippen molar-refractivity contribution in [1.29, 1.82) is 0 Å². The van der Waals surface area contributed by atoms with Crippen LogP contribution in [0.5, 0.6) is 11.5 Å². The Bertz CT molecular complexity index is 1620. The molecule has 2 heterocycles. The van der Waals surface area contributed by atoms with E-state index >= 15 is 0 Å². The Labute approximate surface area is 197 Å². The van der Waals surface area contributed by atoms with Gasteiger partial charge in [0.2, 0.25) is 5.82 Å². The molecule has 9 heteroatoms. The molecular formula is C24H15Cl2N3O4. The number of hydrogen-bond donors (Lipinski definition) is 1. The second kappa shape index (κ2) is 8.27. The van der Waals surface area contributed by atoms with Crippen molar-refractivity contribution in [3.63, 3.8) is 0 Å². The molecule has 5 rings (SSSR count). The van der Waals surface area contributed by atoms with E-state index in [1.54, 1.807) is 54.6 Å². The maximum Gasteiger partial charge on any atom is 0.282 e. The van der Waals surface area contributed by atoms with Crippen LogP contribution in [0.4, 0.5) is 0 Å². The number of ether oxygens (including phenoxy) is 1. The lowest BCUT2D eigenvalue weighted by molar-refractivity contribution is 0.373. The first-order chi connectivity index (χ1) is 15.9. The van der Waals surface area contributed by atoms with Gasteiger partial charge in [-0.2, -0.15) is 9.78 Å². The highest BCUT2D eigenvalue weighted by molar-refractivity contribution is 6.32. The lowest BCUT2D eigenvalue weighted by atomic mass is 10.2. The van der Waals surface area contributed by atoms with Gasteiger partial charge in [0.15, 0.2) is 17.3 Å². The molecule has 0 fully saturated rings. The van der Waals surface area contributed by atoms with E-state index in [1.165, 1.54) is 19.4 Å². The SMILES string of the molecule is COc1cc(C=Nn2c(-c3cc4cc(Cl)ccc4o3)nc3ccccc3c2=O)cc(Cl)c1O. The summed E-state index contributed by atoms with van der Waals surface area (Å²) in [7, 11) is 1.41. The third kappa shape index (κ3) is 3.82. The van der Waals surface area contributed by atoms with Gasteiger partial charge in [-0.25, -0.2) is 4.98 Å². The molecule has 5 aromatic rings. The van der Waals surface area contributed by atoms with E-state index in [2.05, 4.69) is 10.1 Å². The molecule has 0 aliphatic carbocycles. The minimum Gasteiger partial charge on any atom is -0.503 e. The van der Waals surface area contributed by atoms with Gasteiger partial charge in [-0.3, -0.25) is 4.79 Å². The summed E-state index contributed by atoms with van der Waals surface area (Å²) in [5.74, 6) is 0.581. The predicted molar refractivity (Wildman–Crippen MR) is 129 cm³/mol. The normalized spacial score (nSPS) is 11.6. The average Bonchev–Trinajstić information content (AvgIpc) is 3.23. The zero-order valence-corrected chi connectivity index (χ0v) is 18.6. The summed E-state index contributed by atoms with van der Waals surface area (Å²) < 4.78 is 12.2. The van der Waals surface area contributed by atoms with Gasteiger partial charge in [-0.1, -0.05) is 35.3 Å². The first-order valence-electron chi connectivity index (χ1n) is 9.77. The summed E-state index contributed by atoms with van der Waals surface area (Å²) in [6.45, 7) is 0. The Kier molecular flexibility index (Phi) is 5.28. The molecule has 164 valence electrons. The van der Waals surface area contributed by atoms with Crippen molar-refractivity contribution in [1.82, 2.24) is 9.66 Å². The maximum absolute atomic E-state index is 13.3. The number of halogens is 2. The fourth-order valence-electron chi connectivity index (χ4n) is 3.46. The molecule has 0 unspecified atom stereocenters. The number of aromatic nitrogens is 2. The Morgan fingerprint density at radius 1 is 1.12 bits per heavy atom. The molecule has 0 radical (unpaired) electrons. The Morgan fingerprint density at radius 2 is 1.94 bits per heavy atom. The summed E-state index contributed by atoms with van der Waals surface area (Å²) in [5.41, 5.74) is 1.25. The van der Waals surface area contributed by atoms with E-state index in [9.17, 15) is 9.90 Å². The van der Waals surface area contributed by atoms with Crippen molar-refractivity contribution in [2.24, 2.45) is 5.10 Å². The van der Waals surface area contributed by atoms with Crippen molar-refractivity contribution in [2.75, 3.05) is 7.11 Å². The highest BCUT2D eigenvalue weighted by Gasteiger charge is 2.17. The van der Waals surface area contributed by atoms with Crippen LogP contribution in [0.15, 0.2) is 75.0 Å². The van der Waals surface area contributed by atoms with E-state index in [1.807, 2.05) is 0 Å². The molecular weight excluding hydrogens is 465 g/mol. The zero-order valence-electron chi connectivity index (χ0n) is 17.1. The number of rotatable bonds is 4. The molecule has 33 heavy (non-hydrogen) atoms. The van der Waals surface area contributed by atoms with E-state index in [-0.39, 0.29) is 27.9 Å². The fourth-order valence-corrected chi connectivity index (χ4v) is 3.86. The van der Waals surface area contributed by atoms with E-state index in [0.29, 0.717) is 32.8 Å². The number of aromatic hydroxyl groups is 1. The van der Waals surface area contributed by atoms with Crippen LogP contribution in [0.3, 0.4) is 0 Å². The number of para-hydroxylation sites is 1. The third-order valence-electron chi connectivity index (χ3n) is 5.05. The minimum atomic E-state index is -0.373. The minimum absolute atomic E-state index is 0.0918. The number of hydrogen-bond acceptors (Lipinski definition) is 6. The van der Waals surface area contributed by atoms with Crippen molar-refractivity contribution in [3.05, 3.63) is 86.6 Å². The van der Waals surface area contributed by atoms with Crippen LogP contribution in [0.25, 0.3) is 33.5 Å². The second-order valence-corrected chi connectivity index (χ2v) is 8.00. The molecule has 0 amide bonds. The molecule has 0 saturated heterocycles. The van der Waals surface area contributed by atoms with Crippen LogP contribution in [-0.2, 0) is 0 Å². The molecule has 0 spiro atoms. The molecule has 0 saturated carbocycles. The van der Waals surface area contributed by atoms with E-state index in [4.69, 9.17) is 32.4 Å². The van der Waals surface area contributed by atoms with Gasteiger partial charge in [0.25, 0.3) is 5.56 Å². The fraction of sp³-hybridized carbons (Fsp3) is 0.0417. The summed E-state index contributed by atoms with van der Waals surface area (Å²) in [4.78, 5) is 17.9. The van der Waals surface area contributed by atoms with E-state index in [0.717, 1.165) is 10.1 Å². The summed E-state index contributed by atoms with van der Waals surface area (Å²) in [6, 6.07) is 17.0. The number of phenolic OH excluding ortho intramolecular Hbond substituents is 1. The van der Waals surface area contributed by atoms with Crippen molar-refractivity contribution >= 4 is 51.3 Å². The van der Waals surface area contributed by atoms with Crippen LogP contribution >= 0.6 is 23.2 Å². The molecule has 3 aromatic carbocycles. The number of fused-ring (bicyclic) bond motifs is 2. The Balaban J connectivity index is 1.72. The van der Waals surface area contributed by atoms with Gasteiger partial charge in [0.05, 0.1) is 29.2 Å². The number of methoxy groups -OCH3 is 1. The molecule has 0 bridgehead atoms. The van der Waals surface area contributed by atoms with Crippen molar-refractivity contribution in [2.45, 2.75) is 0 Å². The summed E-state index contributed by atoms with van der Waals surface area (Å²) in [6.07, 6.45) is 1.43. The summed E-state index contributed by atoms with van der Waals surface area (Å²) in [5, 5.41) is 16.2. The maximum atomic E-state index is 13.3. The second-order valence-electron chi connectivity index (χ2n) is 7.16. The van der Waals surface area contributed by atoms with Crippen LogP contribution in [-0.4, -0.2) is 28.1 Å². The van der Waals surface area contributed by atoms with Crippen LogP contribution < -0.4 is 10.3 Å². The predicted octanol–water partition coefficient (Wildman–Crippen LogP) is 5.71. The van der Waals surface area contributed by atoms with Gasteiger partial charge in [0, 0.05) is 10.4 Å². The van der Waals surface area contributed by atoms with Gasteiger partial charge in [0.1, 0.15) is 5.58 Å². The third-order valence-corrected chi connectivity index (χ3v) is 5.57. The van der Waals surface area contributed by atoms with Crippen LogP contribution in [0, 0.1) is 0 Å². The Morgan fingerprint density at radius 3 is 2.76 bits per heavy atom. The quantitative estimate of drug-likeness (QED) is 0.333. The van der Waals surface area contributed by atoms with Crippen molar-refractivity contribution in [3.8, 4) is 23.1 Å². The van der Waals surface area contributed by atoms with Gasteiger partial charge >= 0.3 is 0 Å². The zero-order chi connectivity index (χ0) is 23.1. The molecule has 7 nitrogen and oxygen atoms in total. The lowest BCUT2D eigenvalue weighted by Crippen LogP contribution is -2.20. The van der Waals surface area contributed by atoms with Gasteiger partial charge in [-0.15, -0.1) is 0 Å². The van der Waals surface area contributed by atoms with E-state index < -0.39 is 0 Å². The molecule has 0 aliphatic rings. The summed E-state index contributed by atoms with van der Waals surface area (Å²) >= 11 is 12.2. The number of phenols is 1.